The average molecular weight is 409 g/mol. The Bertz CT molecular complexity index is 884. The Labute approximate surface area is 165 Å². The summed E-state index contributed by atoms with van der Waals surface area (Å²) in [7, 11) is -3.22. The van der Waals surface area contributed by atoms with Crippen LogP contribution in [0.1, 0.15) is 49.7 Å². The fraction of sp³-hybridized carbons (Fsp3) is 0.450. The van der Waals surface area contributed by atoms with Gasteiger partial charge in [-0.1, -0.05) is 39.8 Å². The van der Waals surface area contributed by atoms with Crippen molar-refractivity contribution in [3.05, 3.63) is 46.3 Å². The van der Waals surface area contributed by atoms with E-state index >= 15 is 0 Å². The molecular formula is C20H28N2O3S2. The first-order valence-electron chi connectivity index (χ1n) is 9.17. The van der Waals surface area contributed by atoms with E-state index < -0.39 is 9.84 Å². The van der Waals surface area contributed by atoms with Gasteiger partial charge in [-0.2, -0.15) is 0 Å². The van der Waals surface area contributed by atoms with Crippen LogP contribution >= 0.6 is 11.3 Å². The zero-order valence-corrected chi connectivity index (χ0v) is 17.9. The molecule has 2 aromatic rings. The molecule has 1 heterocycles. The first kappa shape index (κ1) is 21.6. The maximum atomic E-state index is 12.4. The molecule has 0 aliphatic heterocycles. The van der Waals surface area contributed by atoms with Crippen molar-refractivity contribution < 1.29 is 13.2 Å². The van der Waals surface area contributed by atoms with E-state index in [1.165, 1.54) is 16.9 Å². The minimum absolute atomic E-state index is 0.0383. The molecule has 1 unspecified atom stereocenters. The summed E-state index contributed by atoms with van der Waals surface area (Å²) < 4.78 is 23.7. The molecule has 5 nitrogen and oxygen atoms in total. The van der Waals surface area contributed by atoms with Gasteiger partial charge in [0.2, 0.25) is 5.91 Å². The number of amides is 1. The van der Waals surface area contributed by atoms with E-state index in [2.05, 4.69) is 26.1 Å². The molecule has 148 valence electrons. The molecule has 0 fully saturated rings. The predicted octanol–water partition coefficient (Wildman–Crippen LogP) is 3.94. The largest absolute Gasteiger partial charge is 0.323 e. The second-order valence-electron chi connectivity index (χ2n) is 6.90. The van der Waals surface area contributed by atoms with Crippen LogP contribution in [-0.4, -0.2) is 20.1 Å². The summed E-state index contributed by atoms with van der Waals surface area (Å²) >= 11 is 1.53. The number of nitrogens with two attached hydrogens (primary N) is 1. The fourth-order valence-corrected chi connectivity index (χ4v) is 4.94. The molecule has 0 radical (unpaired) electrons. The van der Waals surface area contributed by atoms with E-state index in [0.717, 1.165) is 21.9 Å². The monoisotopic (exact) mass is 408 g/mol. The highest BCUT2D eigenvalue weighted by molar-refractivity contribution is 7.91. The van der Waals surface area contributed by atoms with Gasteiger partial charge in [0.05, 0.1) is 22.1 Å². The fourth-order valence-electron chi connectivity index (χ4n) is 2.71. The van der Waals surface area contributed by atoms with Gasteiger partial charge in [0.1, 0.15) is 0 Å². The molecule has 0 aliphatic rings. The number of thiophene rings is 1. The van der Waals surface area contributed by atoms with Crippen LogP contribution in [-0.2, 0) is 27.5 Å². The molecule has 1 amide bonds. The lowest BCUT2D eigenvalue weighted by molar-refractivity contribution is -0.115. The lowest BCUT2D eigenvalue weighted by Crippen LogP contribution is -2.16. The van der Waals surface area contributed by atoms with Crippen molar-refractivity contribution in [2.24, 2.45) is 11.7 Å². The highest BCUT2D eigenvalue weighted by atomic mass is 32.2. The maximum absolute atomic E-state index is 12.4. The zero-order chi connectivity index (χ0) is 20.2. The molecule has 27 heavy (non-hydrogen) atoms. The molecule has 1 atom stereocenters. The number of hydrogen-bond donors (Lipinski definition) is 2. The third kappa shape index (κ3) is 5.40. The molecule has 1 aromatic carbocycles. The minimum Gasteiger partial charge on any atom is -0.323 e. The van der Waals surface area contributed by atoms with Crippen LogP contribution in [0.3, 0.4) is 0 Å². The van der Waals surface area contributed by atoms with Crippen molar-refractivity contribution in [3.63, 3.8) is 0 Å². The minimum atomic E-state index is -3.22. The van der Waals surface area contributed by atoms with Crippen molar-refractivity contribution in [2.75, 3.05) is 11.1 Å². The Morgan fingerprint density at radius 1 is 1.19 bits per heavy atom. The highest BCUT2D eigenvalue weighted by Gasteiger charge is 2.18. The Balaban J connectivity index is 2.08. The van der Waals surface area contributed by atoms with Gasteiger partial charge in [-0.3, -0.25) is 4.79 Å². The van der Waals surface area contributed by atoms with E-state index in [0.29, 0.717) is 5.92 Å². The van der Waals surface area contributed by atoms with Crippen LogP contribution in [0.5, 0.6) is 0 Å². The Hall–Kier alpha value is -1.70. The summed E-state index contributed by atoms with van der Waals surface area (Å²) in [6.45, 7) is 7.87. The van der Waals surface area contributed by atoms with Crippen LogP contribution in [0.15, 0.2) is 35.2 Å². The summed E-state index contributed by atoms with van der Waals surface area (Å²) in [5.41, 5.74) is 8.24. The van der Waals surface area contributed by atoms with Gasteiger partial charge in [-0.25, -0.2) is 8.42 Å². The normalized spacial score (nSPS) is 13.0. The standard InChI is InChI=1S/C20H28N2O3S2/c1-5-15-12-18(26-20(15)19(21)13(3)4)22-17(23)11-14-7-9-16(10-8-14)27(24,25)6-2/h7-10,12-13,19H,5-6,11,21H2,1-4H3,(H,22,23). The lowest BCUT2D eigenvalue weighted by atomic mass is 10.0. The van der Waals surface area contributed by atoms with E-state index in [4.69, 9.17) is 5.73 Å². The average Bonchev–Trinajstić information content (AvgIpc) is 3.03. The Morgan fingerprint density at radius 3 is 2.33 bits per heavy atom. The number of carbonyl (C=O) groups is 1. The summed E-state index contributed by atoms with van der Waals surface area (Å²) in [5, 5.41) is 3.74. The molecule has 3 N–H and O–H groups in total. The van der Waals surface area contributed by atoms with E-state index in [-0.39, 0.29) is 29.0 Å². The van der Waals surface area contributed by atoms with Crippen LogP contribution < -0.4 is 11.1 Å². The van der Waals surface area contributed by atoms with Crippen LogP contribution in [0.4, 0.5) is 5.00 Å². The number of sulfone groups is 1. The lowest BCUT2D eigenvalue weighted by Gasteiger charge is -2.15. The quantitative estimate of drug-likeness (QED) is 0.692. The number of benzene rings is 1. The first-order valence-corrected chi connectivity index (χ1v) is 11.6. The number of rotatable bonds is 8. The van der Waals surface area contributed by atoms with Gasteiger partial charge >= 0.3 is 0 Å². The Morgan fingerprint density at radius 2 is 1.81 bits per heavy atom. The number of carbonyl (C=O) groups excluding carboxylic acids is 1. The second-order valence-corrected chi connectivity index (χ2v) is 10.3. The van der Waals surface area contributed by atoms with Gasteiger partial charge in [-0.05, 0) is 41.7 Å². The van der Waals surface area contributed by atoms with Crippen LogP contribution in [0, 0.1) is 5.92 Å². The number of anilines is 1. The van der Waals surface area contributed by atoms with E-state index in [1.54, 1.807) is 31.2 Å². The summed E-state index contributed by atoms with van der Waals surface area (Å²) in [5.74, 6) is 0.260. The summed E-state index contributed by atoms with van der Waals surface area (Å²) in [6, 6.07) is 8.45. The SMILES string of the molecule is CCc1cc(NC(=O)Cc2ccc(S(=O)(=O)CC)cc2)sc1C(N)C(C)C. The van der Waals surface area contributed by atoms with Crippen LogP contribution in [0.2, 0.25) is 0 Å². The van der Waals surface area contributed by atoms with Gasteiger partial charge in [0.25, 0.3) is 0 Å². The van der Waals surface area contributed by atoms with Crippen LogP contribution in [0.25, 0.3) is 0 Å². The van der Waals surface area contributed by atoms with Gasteiger partial charge < -0.3 is 11.1 Å². The maximum Gasteiger partial charge on any atom is 0.229 e. The molecular weight excluding hydrogens is 380 g/mol. The molecule has 1 aromatic heterocycles. The van der Waals surface area contributed by atoms with Gasteiger partial charge in [0.15, 0.2) is 9.84 Å². The highest BCUT2D eigenvalue weighted by Crippen LogP contribution is 2.34. The third-order valence-corrected chi connectivity index (χ3v) is 7.48. The van der Waals surface area contributed by atoms with Crippen molar-refractivity contribution in [3.8, 4) is 0 Å². The van der Waals surface area contributed by atoms with E-state index in [9.17, 15) is 13.2 Å². The number of hydrogen-bond acceptors (Lipinski definition) is 5. The topological polar surface area (TPSA) is 89.3 Å². The van der Waals surface area contributed by atoms with Crippen molar-refractivity contribution >= 4 is 32.1 Å². The van der Waals surface area contributed by atoms with Crippen molar-refractivity contribution in [1.82, 2.24) is 0 Å². The molecule has 0 spiro atoms. The van der Waals surface area contributed by atoms with Crippen molar-refractivity contribution in [2.45, 2.75) is 51.5 Å². The molecule has 0 bridgehead atoms. The molecule has 7 heteroatoms. The van der Waals surface area contributed by atoms with E-state index in [1.807, 2.05) is 6.07 Å². The predicted molar refractivity (Wildman–Crippen MR) is 112 cm³/mol. The molecule has 0 saturated heterocycles. The first-order chi connectivity index (χ1) is 12.7. The smallest absolute Gasteiger partial charge is 0.229 e. The number of aryl methyl sites for hydroxylation is 1. The third-order valence-electron chi connectivity index (χ3n) is 4.53. The molecule has 2 rings (SSSR count). The number of nitrogens with one attached hydrogen (secondary N) is 1. The Kier molecular flexibility index (Phi) is 7.19. The second kappa shape index (κ2) is 8.99. The zero-order valence-electron chi connectivity index (χ0n) is 16.3. The molecule has 0 saturated carbocycles. The summed E-state index contributed by atoms with van der Waals surface area (Å²) in [6.07, 6.45) is 1.06. The van der Waals surface area contributed by atoms with Gasteiger partial charge in [0, 0.05) is 10.9 Å². The molecule has 0 aliphatic carbocycles. The van der Waals surface area contributed by atoms with Gasteiger partial charge in [-0.15, -0.1) is 11.3 Å². The summed E-state index contributed by atoms with van der Waals surface area (Å²) in [4.78, 5) is 13.8. The van der Waals surface area contributed by atoms with Crippen molar-refractivity contribution in [1.29, 1.82) is 0 Å².